The first-order chi connectivity index (χ1) is 32.8. The summed E-state index contributed by atoms with van der Waals surface area (Å²) in [6.07, 6.45) is 1.21. The Labute approximate surface area is 416 Å². The Kier molecular flexibility index (Phi) is 15.0. The lowest BCUT2D eigenvalue weighted by molar-refractivity contribution is -0.124. The highest BCUT2D eigenvalue weighted by Gasteiger charge is 2.29. The number of benzene rings is 6. The van der Waals surface area contributed by atoms with Crippen LogP contribution >= 0.6 is 0 Å². The smallest absolute Gasteiger partial charge is 0.258 e. The molecule has 1 aliphatic carbocycles. The zero-order chi connectivity index (χ0) is 50.8. The molecule has 0 fully saturated rings. The third-order valence-corrected chi connectivity index (χ3v) is 13.4. The maximum atomic E-state index is 13.6. The number of ether oxygens (including phenoxy) is 2. The Balaban J connectivity index is 1.45. The van der Waals surface area contributed by atoms with E-state index in [1.165, 1.54) is 0 Å². The molecule has 6 aromatic rings. The second kappa shape index (κ2) is 20.4. The number of amides is 2. The molecule has 0 heterocycles. The molecule has 0 unspecified atom stereocenters. The van der Waals surface area contributed by atoms with Crippen molar-refractivity contribution in [2.45, 2.75) is 144 Å². The van der Waals surface area contributed by atoms with E-state index in [0.29, 0.717) is 50.3 Å². The third-order valence-electron chi connectivity index (χ3n) is 13.4. The molecule has 0 atom stereocenters. The molecular weight excluding hydrogens is 869 g/mol. The van der Waals surface area contributed by atoms with Gasteiger partial charge in [-0.05, 0) is 99.5 Å². The van der Waals surface area contributed by atoms with Crippen molar-refractivity contribution in [3.8, 4) is 23.0 Å². The molecule has 0 saturated carbocycles. The van der Waals surface area contributed by atoms with Gasteiger partial charge in [0.2, 0.25) is 0 Å². The number of hydrogen-bond donors (Lipinski definition) is 4. The molecule has 4 N–H and O–H groups in total. The normalized spacial score (nSPS) is 13.1. The second-order valence-electron chi connectivity index (χ2n) is 23.3. The number of nitrogens with one attached hydrogen (secondary N) is 2. The maximum absolute atomic E-state index is 13.6. The van der Waals surface area contributed by atoms with Gasteiger partial charge in [0.25, 0.3) is 11.8 Å². The summed E-state index contributed by atoms with van der Waals surface area (Å²) in [5.74, 6) is 0.929. The van der Waals surface area contributed by atoms with Gasteiger partial charge in [0.1, 0.15) is 23.0 Å². The van der Waals surface area contributed by atoms with E-state index in [0.717, 1.165) is 77.9 Å². The van der Waals surface area contributed by atoms with Gasteiger partial charge >= 0.3 is 0 Å². The second-order valence-corrected chi connectivity index (χ2v) is 23.3. The highest BCUT2D eigenvalue weighted by Crippen LogP contribution is 2.44. The number of carbonyl (C=O) groups is 2. The van der Waals surface area contributed by atoms with Gasteiger partial charge in [-0.3, -0.25) is 9.59 Å². The number of aromatic hydroxyl groups is 2. The molecule has 0 aromatic heterocycles. The quantitative estimate of drug-likeness (QED) is 0.109. The van der Waals surface area contributed by atoms with Crippen LogP contribution in [-0.4, -0.2) is 35.2 Å². The van der Waals surface area contributed by atoms with Crippen LogP contribution in [-0.2, 0) is 70.0 Å². The molecule has 0 spiro atoms. The number of hydrogen-bond acceptors (Lipinski definition) is 6. The minimum atomic E-state index is -0.285. The Hall–Kier alpha value is -6.54. The van der Waals surface area contributed by atoms with Crippen molar-refractivity contribution in [2.24, 2.45) is 0 Å². The predicted molar refractivity (Wildman–Crippen MR) is 283 cm³/mol. The average Bonchev–Trinajstić information content (AvgIpc) is 3.28. The highest BCUT2D eigenvalue weighted by molar-refractivity contribution is 5.78. The van der Waals surface area contributed by atoms with E-state index in [-0.39, 0.29) is 58.2 Å². The Morgan fingerprint density at radius 3 is 0.900 bits per heavy atom. The van der Waals surface area contributed by atoms with Crippen LogP contribution in [0.3, 0.4) is 0 Å². The van der Waals surface area contributed by atoms with E-state index in [9.17, 15) is 19.8 Å². The molecule has 8 nitrogen and oxygen atoms in total. The lowest BCUT2D eigenvalue weighted by Crippen LogP contribution is -2.29. The van der Waals surface area contributed by atoms with Crippen LogP contribution < -0.4 is 20.1 Å². The monoisotopic (exact) mass is 943 g/mol. The maximum Gasteiger partial charge on any atom is 0.258 e. The number of fused-ring (bicyclic) bond motifs is 8. The van der Waals surface area contributed by atoms with E-state index < -0.39 is 0 Å². The van der Waals surface area contributed by atoms with Crippen molar-refractivity contribution in [3.05, 3.63) is 187 Å². The Bertz CT molecular complexity index is 2560. The lowest BCUT2D eigenvalue weighted by atomic mass is 9.79. The van der Waals surface area contributed by atoms with Crippen molar-refractivity contribution in [3.63, 3.8) is 0 Å². The zero-order valence-electron chi connectivity index (χ0n) is 43.6. The molecule has 0 saturated heterocycles. The van der Waals surface area contributed by atoms with E-state index in [2.05, 4.69) is 142 Å². The lowest BCUT2D eigenvalue weighted by Gasteiger charge is -2.28. The predicted octanol–water partition coefficient (Wildman–Crippen LogP) is 12.4. The minimum Gasteiger partial charge on any atom is -0.507 e. The van der Waals surface area contributed by atoms with Gasteiger partial charge < -0.3 is 30.3 Å². The molecule has 8 bridgehead atoms. The van der Waals surface area contributed by atoms with Crippen LogP contribution in [0.15, 0.2) is 109 Å². The number of carbonyl (C=O) groups excluding carboxylic acids is 2. The van der Waals surface area contributed by atoms with Gasteiger partial charge in [-0.1, -0.05) is 192 Å². The summed E-state index contributed by atoms with van der Waals surface area (Å²) >= 11 is 0. The molecule has 8 heteroatoms. The minimum absolute atomic E-state index is 0.168. The molecule has 1 aliphatic rings. The zero-order valence-corrected chi connectivity index (χ0v) is 43.6. The summed E-state index contributed by atoms with van der Waals surface area (Å²) in [5, 5.41) is 31.3. The Morgan fingerprint density at radius 2 is 0.657 bits per heavy atom. The number of phenolic OH excluding ortho intramolecular Hbond substituents is 2. The summed E-state index contributed by atoms with van der Waals surface area (Å²) in [4.78, 5) is 27.2. The fourth-order valence-electron chi connectivity index (χ4n) is 8.99. The van der Waals surface area contributed by atoms with Crippen LogP contribution in [0.2, 0.25) is 0 Å². The van der Waals surface area contributed by atoms with Crippen LogP contribution in [0, 0.1) is 0 Å². The summed E-state index contributed by atoms with van der Waals surface area (Å²) < 4.78 is 13.4. The van der Waals surface area contributed by atoms with Gasteiger partial charge in [0.15, 0.2) is 13.2 Å². The van der Waals surface area contributed by atoms with Crippen LogP contribution in [0.25, 0.3) is 0 Å². The largest absolute Gasteiger partial charge is 0.507 e. The first-order valence-electron chi connectivity index (χ1n) is 24.7. The SMILES string of the molecule is CC(C)(C)c1cc2c(O)c(c1)Cc1cc(C(C)(C)C)cc(c1OCC(=O)NCc1ccccc1)Cc1cc(C(C)(C)C)cc(c1O)Cc1cc(C(C)(C)C)cc(c1OCC(=O)NCc1ccccc1)C2. The van der Waals surface area contributed by atoms with Gasteiger partial charge in [-0.25, -0.2) is 0 Å². The molecule has 70 heavy (non-hydrogen) atoms. The summed E-state index contributed by atoms with van der Waals surface area (Å²) in [5.41, 5.74) is 11.3. The third kappa shape index (κ3) is 12.6. The fraction of sp³-hybridized carbons (Fsp3) is 0.387. The van der Waals surface area contributed by atoms with E-state index in [1.54, 1.807) is 0 Å². The molecule has 7 rings (SSSR count). The summed E-state index contributed by atoms with van der Waals surface area (Å²) in [6.45, 7) is 26.4. The van der Waals surface area contributed by atoms with Crippen molar-refractivity contribution in [1.29, 1.82) is 0 Å². The summed E-state index contributed by atoms with van der Waals surface area (Å²) in [6, 6.07) is 36.6. The molecular formula is C62H74N2O6. The van der Waals surface area contributed by atoms with Crippen molar-refractivity contribution >= 4 is 11.8 Å². The van der Waals surface area contributed by atoms with Gasteiger partial charge in [-0.15, -0.1) is 0 Å². The topological polar surface area (TPSA) is 117 Å². The fourth-order valence-corrected chi connectivity index (χ4v) is 8.99. The first kappa shape index (κ1) is 51.3. The van der Waals surface area contributed by atoms with Crippen LogP contribution in [0.1, 0.15) is 161 Å². The van der Waals surface area contributed by atoms with Gasteiger partial charge in [0.05, 0.1) is 0 Å². The van der Waals surface area contributed by atoms with E-state index in [1.807, 2.05) is 60.7 Å². The van der Waals surface area contributed by atoms with Crippen molar-refractivity contribution in [1.82, 2.24) is 10.6 Å². The van der Waals surface area contributed by atoms with Gasteiger partial charge in [-0.2, -0.15) is 0 Å². The molecule has 0 radical (unpaired) electrons. The van der Waals surface area contributed by atoms with Crippen LogP contribution in [0.4, 0.5) is 0 Å². The van der Waals surface area contributed by atoms with Crippen molar-refractivity contribution in [2.75, 3.05) is 13.2 Å². The molecule has 0 aliphatic heterocycles. The van der Waals surface area contributed by atoms with E-state index in [4.69, 9.17) is 9.47 Å². The molecule has 368 valence electrons. The summed E-state index contributed by atoms with van der Waals surface area (Å²) in [7, 11) is 0. The Morgan fingerprint density at radius 1 is 0.414 bits per heavy atom. The number of rotatable bonds is 10. The van der Waals surface area contributed by atoms with Crippen molar-refractivity contribution < 1.29 is 29.3 Å². The van der Waals surface area contributed by atoms with Gasteiger partial charge in [0, 0.05) is 38.8 Å². The van der Waals surface area contributed by atoms with E-state index >= 15 is 0 Å². The standard InChI is InChI=1S/C62H74N2O6/c1-59(2,3)49-27-41-23-45-31-51(61(7,8)9)33-47(57(45)69-37-53(65)63-35-39-19-15-13-16-20-39)25-43-29-50(60(4,5)6)30-44(56(43)68)26-48-34-52(62(10,11)12)32-46(24-42(28-49)55(41)67)58(48)70-38-54(66)64-36-40-21-17-14-18-22-40/h13-22,27-34,67-68H,23-26,35-38H2,1-12H3,(H,63,65)(H,64,66). The average molecular weight is 943 g/mol. The molecule has 2 amide bonds. The highest BCUT2D eigenvalue weighted by atomic mass is 16.5. The molecule has 6 aromatic carbocycles. The first-order valence-corrected chi connectivity index (χ1v) is 24.7. The van der Waals surface area contributed by atoms with Crippen LogP contribution in [0.5, 0.6) is 23.0 Å². The number of phenols is 2.